The second-order valence-electron chi connectivity index (χ2n) is 5.84. The van der Waals surface area contributed by atoms with Crippen LogP contribution in [0, 0.1) is 0 Å². The molecule has 0 spiro atoms. The largest absolute Gasteiger partial charge is 0.478 e. The van der Waals surface area contributed by atoms with Gasteiger partial charge in [-0.25, -0.2) is 9.59 Å². The molecule has 0 fully saturated rings. The normalized spacial score (nSPS) is 10.8. The first kappa shape index (κ1) is 23.6. The van der Waals surface area contributed by atoms with Crippen LogP contribution in [0.5, 0.6) is 0 Å². The number of carboxylic acid groups (broad SMARTS) is 2. The maximum atomic E-state index is 9.55. The van der Waals surface area contributed by atoms with Crippen LogP contribution in [-0.4, -0.2) is 43.5 Å². The number of hydrogen-bond acceptors (Lipinski definition) is 5. The number of aromatic nitrogens is 3. The Bertz CT molecular complexity index is 1080. The average molecular weight is 472 g/mol. The Balaban J connectivity index is 0.000000343. The monoisotopic (exact) mass is 470 g/mol. The molecule has 0 amide bonds. The number of carboxylic acids is 2. The molecule has 2 heterocycles. The summed E-state index contributed by atoms with van der Waals surface area (Å²) >= 11 is 18.5. The summed E-state index contributed by atoms with van der Waals surface area (Å²) < 4.78 is 1.91. The van der Waals surface area contributed by atoms with Crippen molar-refractivity contribution in [2.24, 2.45) is 5.73 Å². The molecular formula is C19H17Cl3N4O4. The lowest BCUT2D eigenvalue weighted by molar-refractivity contribution is -0.134. The van der Waals surface area contributed by atoms with Crippen molar-refractivity contribution in [3.8, 4) is 11.3 Å². The summed E-state index contributed by atoms with van der Waals surface area (Å²) in [5.41, 5.74) is 8.06. The van der Waals surface area contributed by atoms with Crippen molar-refractivity contribution < 1.29 is 19.8 Å². The van der Waals surface area contributed by atoms with Crippen molar-refractivity contribution in [3.63, 3.8) is 0 Å². The van der Waals surface area contributed by atoms with E-state index in [9.17, 15) is 9.59 Å². The van der Waals surface area contributed by atoms with E-state index in [1.54, 1.807) is 18.5 Å². The van der Waals surface area contributed by atoms with E-state index in [0.717, 1.165) is 35.1 Å². The van der Waals surface area contributed by atoms with Gasteiger partial charge in [0.05, 0.1) is 20.6 Å². The van der Waals surface area contributed by atoms with Gasteiger partial charge < -0.3 is 15.9 Å². The van der Waals surface area contributed by atoms with Crippen molar-refractivity contribution in [1.29, 1.82) is 0 Å². The van der Waals surface area contributed by atoms with Crippen LogP contribution in [0.3, 0.4) is 0 Å². The molecule has 0 aliphatic heterocycles. The number of rotatable bonds is 6. The molecule has 158 valence electrons. The highest BCUT2D eigenvalue weighted by Gasteiger charge is 2.17. The number of pyridine rings is 1. The summed E-state index contributed by atoms with van der Waals surface area (Å²) in [5.74, 6) is -2.51. The van der Waals surface area contributed by atoms with Gasteiger partial charge in [-0.05, 0) is 31.2 Å². The number of aliphatic carboxylic acids is 2. The molecule has 0 unspecified atom stereocenters. The molecule has 0 saturated carbocycles. The summed E-state index contributed by atoms with van der Waals surface area (Å²) in [6.45, 7) is 1.34. The van der Waals surface area contributed by atoms with Gasteiger partial charge in [0.15, 0.2) is 0 Å². The number of fused-ring (bicyclic) bond motifs is 1. The van der Waals surface area contributed by atoms with Crippen LogP contribution in [0.25, 0.3) is 22.2 Å². The predicted molar refractivity (Wildman–Crippen MR) is 116 cm³/mol. The molecule has 0 aliphatic rings. The molecule has 0 saturated heterocycles. The predicted octanol–water partition coefficient (Wildman–Crippen LogP) is 4.12. The molecule has 3 rings (SSSR count). The third-order valence-corrected chi connectivity index (χ3v) is 5.08. The molecule has 11 heteroatoms. The minimum absolute atomic E-state index is 0.328. The average Bonchev–Trinajstić information content (AvgIpc) is 3.08. The zero-order valence-electron chi connectivity index (χ0n) is 15.4. The number of hydrogen-bond donors (Lipinski definition) is 3. The van der Waals surface area contributed by atoms with Crippen LogP contribution in [-0.2, 0) is 16.1 Å². The Morgan fingerprint density at radius 2 is 1.73 bits per heavy atom. The first-order valence-electron chi connectivity index (χ1n) is 8.54. The molecule has 4 N–H and O–H groups in total. The Morgan fingerprint density at radius 1 is 1.07 bits per heavy atom. The maximum absolute atomic E-state index is 9.55. The maximum Gasteiger partial charge on any atom is 0.328 e. The molecule has 30 heavy (non-hydrogen) atoms. The summed E-state index contributed by atoms with van der Waals surface area (Å²) in [6, 6.07) is 5.46. The fraction of sp³-hybridized carbons (Fsp3) is 0.158. The lowest BCUT2D eigenvalue weighted by atomic mass is 10.1. The minimum Gasteiger partial charge on any atom is -0.478 e. The number of nitrogens with zero attached hydrogens (tertiary/aromatic N) is 3. The lowest BCUT2D eigenvalue weighted by Gasteiger charge is -2.05. The highest BCUT2D eigenvalue weighted by molar-refractivity contribution is 6.49. The number of nitrogens with two attached hydrogens (primary N) is 1. The molecule has 0 radical (unpaired) electrons. The van der Waals surface area contributed by atoms with Gasteiger partial charge in [-0.3, -0.25) is 9.67 Å². The summed E-state index contributed by atoms with van der Waals surface area (Å²) in [6.07, 6.45) is 5.47. The molecule has 2 aromatic heterocycles. The standard InChI is InChI=1S/C15H13Cl3N4.C4H4O4/c16-11-3-2-9(13(17)14(11)18)15-10-8-20-6-4-12(10)22(21-15)7-1-5-19;5-3(6)1-2-4(7)8/h2-4,6,8H,1,5,7,19H2;1-2H,(H,5,6)(H,7,8)/b;2-1+. The molecule has 0 atom stereocenters. The van der Waals surface area contributed by atoms with Gasteiger partial charge in [-0.15, -0.1) is 0 Å². The van der Waals surface area contributed by atoms with Gasteiger partial charge in [0.25, 0.3) is 0 Å². The molecule has 0 bridgehead atoms. The zero-order valence-corrected chi connectivity index (χ0v) is 17.7. The van der Waals surface area contributed by atoms with E-state index >= 15 is 0 Å². The van der Waals surface area contributed by atoms with Gasteiger partial charge in [-0.2, -0.15) is 5.10 Å². The van der Waals surface area contributed by atoms with Crippen LogP contribution in [0.2, 0.25) is 15.1 Å². The molecule has 0 aliphatic carbocycles. The Labute approximate surface area is 186 Å². The van der Waals surface area contributed by atoms with E-state index < -0.39 is 11.9 Å². The Hall–Kier alpha value is -2.65. The van der Waals surface area contributed by atoms with Crippen molar-refractivity contribution in [2.75, 3.05) is 6.54 Å². The van der Waals surface area contributed by atoms with Gasteiger partial charge in [0.2, 0.25) is 0 Å². The van der Waals surface area contributed by atoms with Gasteiger partial charge in [0.1, 0.15) is 5.69 Å². The van der Waals surface area contributed by atoms with Crippen LogP contribution >= 0.6 is 34.8 Å². The van der Waals surface area contributed by atoms with Gasteiger partial charge in [0, 0.05) is 42.0 Å². The Morgan fingerprint density at radius 3 is 2.33 bits per heavy atom. The van der Waals surface area contributed by atoms with Crippen LogP contribution in [0.1, 0.15) is 6.42 Å². The topological polar surface area (TPSA) is 131 Å². The highest BCUT2D eigenvalue weighted by atomic mass is 35.5. The number of aryl methyl sites for hydroxylation is 1. The first-order chi connectivity index (χ1) is 14.3. The summed E-state index contributed by atoms with van der Waals surface area (Å²) in [5, 5.41) is 22.3. The molecule has 3 aromatic rings. The Kier molecular flexibility index (Phi) is 8.61. The van der Waals surface area contributed by atoms with Crippen LogP contribution in [0.4, 0.5) is 0 Å². The third-order valence-electron chi connectivity index (χ3n) is 3.78. The van der Waals surface area contributed by atoms with E-state index in [-0.39, 0.29) is 0 Å². The SMILES string of the molecule is NCCCn1nc(-c2ccc(Cl)c(Cl)c2Cl)c2cnccc21.O=C(O)/C=C/C(=O)O. The van der Waals surface area contributed by atoms with Gasteiger partial charge in [-0.1, -0.05) is 34.8 Å². The van der Waals surface area contributed by atoms with Crippen molar-refractivity contribution in [1.82, 2.24) is 14.8 Å². The highest BCUT2D eigenvalue weighted by Crippen LogP contribution is 2.39. The van der Waals surface area contributed by atoms with Gasteiger partial charge >= 0.3 is 11.9 Å². The quantitative estimate of drug-likeness (QED) is 0.364. The molecular weight excluding hydrogens is 455 g/mol. The van der Waals surface area contributed by atoms with E-state index in [2.05, 4.69) is 10.1 Å². The zero-order chi connectivity index (χ0) is 22.3. The van der Waals surface area contributed by atoms with Crippen molar-refractivity contribution >= 4 is 57.6 Å². The number of halogens is 3. The third kappa shape index (κ3) is 5.93. The smallest absolute Gasteiger partial charge is 0.328 e. The van der Waals surface area contributed by atoms with Crippen molar-refractivity contribution in [3.05, 3.63) is 57.8 Å². The fourth-order valence-electron chi connectivity index (χ4n) is 2.48. The summed E-state index contributed by atoms with van der Waals surface area (Å²) in [7, 11) is 0. The second kappa shape index (κ2) is 10.9. The fourth-order valence-corrected chi connectivity index (χ4v) is 3.11. The van der Waals surface area contributed by atoms with E-state index in [1.807, 2.05) is 16.8 Å². The number of benzene rings is 1. The van der Waals surface area contributed by atoms with Crippen molar-refractivity contribution in [2.45, 2.75) is 13.0 Å². The second-order valence-corrected chi connectivity index (χ2v) is 7.00. The number of carbonyl (C=O) groups is 2. The van der Waals surface area contributed by atoms with Crippen LogP contribution < -0.4 is 5.73 Å². The first-order valence-corrected chi connectivity index (χ1v) is 9.68. The van der Waals surface area contributed by atoms with E-state index in [1.165, 1.54) is 0 Å². The van der Waals surface area contributed by atoms with Crippen LogP contribution in [0.15, 0.2) is 42.7 Å². The van der Waals surface area contributed by atoms with E-state index in [0.29, 0.717) is 33.8 Å². The molecule has 1 aromatic carbocycles. The lowest BCUT2D eigenvalue weighted by Crippen LogP contribution is -2.06. The molecule has 8 nitrogen and oxygen atoms in total. The summed E-state index contributed by atoms with van der Waals surface area (Å²) in [4.78, 5) is 23.3. The minimum atomic E-state index is -1.26. The van der Waals surface area contributed by atoms with E-state index in [4.69, 9.17) is 50.7 Å².